The monoisotopic (exact) mass is 500 g/mol. The first-order chi connectivity index (χ1) is 17.2. The summed E-state index contributed by atoms with van der Waals surface area (Å²) in [5, 5.41) is 2.37. The molecule has 8 nitrogen and oxygen atoms in total. The van der Waals surface area contributed by atoms with E-state index in [1.807, 2.05) is 32.9 Å². The predicted molar refractivity (Wildman–Crippen MR) is 130 cm³/mol. The Bertz CT molecular complexity index is 1270. The second-order valence-corrected chi connectivity index (χ2v) is 9.35. The zero-order valence-corrected chi connectivity index (χ0v) is 20.8. The molecule has 0 aliphatic carbocycles. The highest BCUT2D eigenvalue weighted by molar-refractivity contribution is 5.94. The molecule has 1 N–H and O–H groups in total. The molecule has 10 heteroatoms. The van der Waals surface area contributed by atoms with E-state index in [-0.39, 0.29) is 35.7 Å². The van der Waals surface area contributed by atoms with Gasteiger partial charge in [-0.1, -0.05) is 13.8 Å². The van der Waals surface area contributed by atoms with Crippen LogP contribution in [0.25, 0.3) is 16.9 Å². The Labute approximate surface area is 208 Å². The second kappa shape index (κ2) is 10.6. The third-order valence-electron chi connectivity index (χ3n) is 6.01. The summed E-state index contributed by atoms with van der Waals surface area (Å²) < 4.78 is 43.5. The zero-order chi connectivity index (χ0) is 26.0. The number of hydrogen-bond acceptors (Lipinski definition) is 5. The number of aromatic nitrogens is 2. The van der Waals surface area contributed by atoms with Gasteiger partial charge in [-0.3, -0.25) is 4.79 Å². The molecule has 2 aromatic heterocycles. The highest BCUT2D eigenvalue weighted by Gasteiger charge is 2.29. The SMILES string of the molecule is CNC(=O)c1cc(F)c(-c2nc3cc(C)ccn3c2C[C@H]2CN(C(=O)OCC(C)C)CCO2)c(F)c1. The fourth-order valence-electron chi connectivity index (χ4n) is 4.22. The lowest BCUT2D eigenvalue weighted by atomic mass is 10.0. The van der Waals surface area contributed by atoms with Gasteiger partial charge in [-0.2, -0.15) is 0 Å². The van der Waals surface area contributed by atoms with Crippen molar-refractivity contribution in [3.8, 4) is 11.3 Å². The number of nitrogens with zero attached hydrogens (tertiary/aromatic N) is 3. The Balaban J connectivity index is 1.70. The number of rotatable bonds is 6. The van der Waals surface area contributed by atoms with Gasteiger partial charge < -0.3 is 24.1 Å². The second-order valence-electron chi connectivity index (χ2n) is 9.35. The van der Waals surface area contributed by atoms with Crippen LogP contribution in [0.3, 0.4) is 0 Å². The molecule has 0 unspecified atom stereocenters. The van der Waals surface area contributed by atoms with Crippen LogP contribution in [0, 0.1) is 24.5 Å². The minimum absolute atomic E-state index is 0.122. The van der Waals surface area contributed by atoms with Crippen LogP contribution < -0.4 is 5.32 Å². The third kappa shape index (κ3) is 5.33. The van der Waals surface area contributed by atoms with E-state index in [0.717, 1.165) is 17.7 Å². The van der Waals surface area contributed by atoms with Gasteiger partial charge in [0.2, 0.25) is 0 Å². The number of halogens is 2. The molecule has 1 aliphatic heterocycles. The van der Waals surface area contributed by atoms with Gasteiger partial charge in [-0.25, -0.2) is 18.6 Å². The molecule has 0 bridgehead atoms. The lowest BCUT2D eigenvalue weighted by molar-refractivity contribution is -0.0280. The van der Waals surface area contributed by atoms with Gasteiger partial charge >= 0.3 is 6.09 Å². The lowest BCUT2D eigenvalue weighted by Gasteiger charge is -2.32. The Morgan fingerprint density at radius 2 is 1.97 bits per heavy atom. The molecule has 1 aromatic carbocycles. The molecule has 192 valence electrons. The molecule has 4 rings (SSSR count). The van der Waals surface area contributed by atoms with Crippen LogP contribution in [0.5, 0.6) is 0 Å². The van der Waals surface area contributed by atoms with E-state index >= 15 is 8.78 Å². The van der Waals surface area contributed by atoms with E-state index in [0.29, 0.717) is 31.1 Å². The van der Waals surface area contributed by atoms with E-state index in [1.54, 1.807) is 15.5 Å². The molecule has 0 spiro atoms. The van der Waals surface area contributed by atoms with Crippen LogP contribution in [-0.4, -0.2) is 65.7 Å². The highest BCUT2D eigenvalue weighted by atomic mass is 19.1. The molecule has 3 aromatic rings. The number of nitrogens with one attached hydrogen (secondary N) is 1. The Kier molecular flexibility index (Phi) is 7.53. The molecule has 0 radical (unpaired) electrons. The van der Waals surface area contributed by atoms with Gasteiger partial charge in [-0.05, 0) is 42.7 Å². The Morgan fingerprint density at radius 3 is 2.64 bits per heavy atom. The number of carbonyl (C=O) groups excluding carboxylic acids is 2. The fraction of sp³-hybridized carbons (Fsp3) is 0.423. The predicted octanol–water partition coefficient (Wildman–Crippen LogP) is 3.98. The molecule has 36 heavy (non-hydrogen) atoms. The van der Waals surface area contributed by atoms with Crippen molar-refractivity contribution in [2.45, 2.75) is 33.3 Å². The first kappa shape index (κ1) is 25.6. The maximum Gasteiger partial charge on any atom is 0.409 e. The first-order valence-electron chi connectivity index (χ1n) is 11.9. The standard InChI is InChI=1S/C26H30F2N4O4/c1-15(2)14-36-26(34)31-7-8-35-18(13-31)12-21-24(30-22-9-16(3)5-6-32(21)22)23-19(27)10-17(11-20(23)28)25(33)29-4/h5-6,9-11,15,18H,7-8,12-14H2,1-4H3,(H,29,33)/t18-/m0/s1. The van der Waals surface area contributed by atoms with Crippen molar-refractivity contribution < 1.29 is 27.8 Å². The van der Waals surface area contributed by atoms with Crippen LogP contribution in [-0.2, 0) is 15.9 Å². The van der Waals surface area contributed by atoms with Crippen molar-refractivity contribution in [2.75, 3.05) is 33.4 Å². The summed E-state index contributed by atoms with van der Waals surface area (Å²) in [5.41, 5.74) is 1.69. The van der Waals surface area contributed by atoms with E-state index in [4.69, 9.17) is 9.47 Å². The quantitative estimate of drug-likeness (QED) is 0.554. The van der Waals surface area contributed by atoms with Crippen molar-refractivity contribution >= 4 is 17.6 Å². The number of carbonyl (C=O) groups is 2. The highest BCUT2D eigenvalue weighted by Crippen LogP contribution is 2.32. The van der Waals surface area contributed by atoms with Crippen LogP contribution in [0.1, 0.15) is 35.5 Å². The number of hydrogen-bond donors (Lipinski definition) is 1. The number of benzene rings is 1. The fourth-order valence-corrected chi connectivity index (χ4v) is 4.22. The van der Waals surface area contributed by atoms with Crippen LogP contribution in [0.2, 0.25) is 0 Å². The average Bonchev–Trinajstić information content (AvgIpc) is 3.18. The number of fused-ring (bicyclic) bond motifs is 1. The van der Waals surface area contributed by atoms with Crippen molar-refractivity contribution in [3.05, 3.63) is 58.9 Å². The Morgan fingerprint density at radius 1 is 1.25 bits per heavy atom. The van der Waals surface area contributed by atoms with Gasteiger partial charge in [0, 0.05) is 31.8 Å². The minimum atomic E-state index is -0.890. The molecule has 1 aliphatic rings. The van der Waals surface area contributed by atoms with Crippen LogP contribution in [0.15, 0.2) is 30.5 Å². The normalized spacial score (nSPS) is 16.0. The molecule has 3 heterocycles. The van der Waals surface area contributed by atoms with Gasteiger partial charge in [0.1, 0.15) is 17.3 Å². The van der Waals surface area contributed by atoms with E-state index < -0.39 is 29.7 Å². The van der Waals surface area contributed by atoms with Crippen molar-refractivity contribution in [3.63, 3.8) is 0 Å². The maximum absolute atomic E-state index is 15.2. The van der Waals surface area contributed by atoms with Gasteiger partial charge in [0.15, 0.2) is 0 Å². The largest absolute Gasteiger partial charge is 0.449 e. The summed E-state index contributed by atoms with van der Waals surface area (Å²) in [7, 11) is 1.39. The molecule has 2 amide bonds. The smallest absolute Gasteiger partial charge is 0.409 e. The number of imidazole rings is 1. The zero-order valence-electron chi connectivity index (χ0n) is 20.8. The van der Waals surface area contributed by atoms with Crippen LogP contribution in [0.4, 0.5) is 13.6 Å². The third-order valence-corrected chi connectivity index (χ3v) is 6.01. The first-order valence-corrected chi connectivity index (χ1v) is 11.9. The average molecular weight is 501 g/mol. The number of morpholine rings is 1. The molecule has 1 fully saturated rings. The van der Waals surface area contributed by atoms with Gasteiger partial charge in [0.05, 0.1) is 42.8 Å². The molecular formula is C26H30F2N4O4. The summed E-state index contributed by atoms with van der Waals surface area (Å²) in [6.45, 7) is 7.13. The van der Waals surface area contributed by atoms with Crippen molar-refractivity contribution in [1.82, 2.24) is 19.6 Å². The van der Waals surface area contributed by atoms with Crippen molar-refractivity contribution in [2.24, 2.45) is 5.92 Å². The molecular weight excluding hydrogens is 470 g/mol. The molecule has 0 saturated carbocycles. The summed E-state index contributed by atoms with van der Waals surface area (Å²) in [5.74, 6) is -2.16. The molecule has 1 atom stereocenters. The van der Waals surface area contributed by atoms with E-state index in [2.05, 4.69) is 10.3 Å². The van der Waals surface area contributed by atoms with E-state index in [9.17, 15) is 9.59 Å². The Hall–Kier alpha value is -3.53. The van der Waals surface area contributed by atoms with E-state index in [1.165, 1.54) is 7.05 Å². The minimum Gasteiger partial charge on any atom is -0.449 e. The van der Waals surface area contributed by atoms with Crippen LogP contribution >= 0.6 is 0 Å². The number of aryl methyl sites for hydroxylation is 1. The maximum atomic E-state index is 15.2. The lowest BCUT2D eigenvalue weighted by Crippen LogP contribution is -2.46. The summed E-state index contributed by atoms with van der Waals surface area (Å²) in [4.78, 5) is 30.5. The summed E-state index contributed by atoms with van der Waals surface area (Å²) in [6.07, 6.45) is 1.21. The number of ether oxygens (including phenoxy) is 2. The summed E-state index contributed by atoms with van der Waals surface area (Å²) >= 11 is 0. The van der Waals surface area contributed by atoms with Gasteiger partial charge in [0.25, 0.3) is 5.91 Å². The number of pyridine rings is 1. The summed E-state index contributed by atoms with van der Waals surface area (Å²) in [6, 6.07) is 5.69. The number of amides is 2. The van der Waals surface area contributed by atoms with Crippen molar-refractivity contribution in [1.29, 1.82) is 0 Å². The topological polar surface area (TPSA) is 85.2 Å². The van der Waals surface area contributed by atoms with Gasteiger partial charge in [-0.15, -0.1) is 0 Å². The molecule has 1 saturated heterocycles.